The van der Waals surface area contributed by atoms with Crippen molar-refractivity contribution in [3.8, 4) is 34.4 Å². The van der Waals surface area contributed by atoms with Crippen molar-refractivity contribution < 1.29 is 47.2 Å². The van der Waals surface area contributed by atoms with Gasteiger partial charge in [0, 0.05) is 30.0 Å². The van der Waals surface area contributed by atoms with Crippen molar-refractivity contribution >= 4 is 5.97 Å². The van der Waals surface area contributed by atoms with Gasteiger partial charge in [-0.3, -0.25) is 4.79 Å². The fourth-order valence-electron chi connectivity index (χ4n) is 9.12. The molecule has 69 heavy (non-hydrogen) atoms. The number of rotatable bonds is 13. The van der Waals surface area contributed by atoms with Gasteiger partial charge >= 0.3 is 5.97 Å². The Bertz CT molecular complexity index is 2450. The number of benzene rings is 3. The summed E-state index contributed by atoms with van der Waals surface area (Å²) in [6, 6.07) is 24.3. The van der Waals surface area contributed by atoms with E-state index in [-0.39, 0.29) is 42.6 Å². The number of hydrogen-bond donors (Lipinski definition) is 2. The van der Waals surface area contributed by atoms with Crippen LogP contribution in [0.2, 0.25) is 0 Å². The molecular formula is C56H71N3O10. The Balaban J connectivity index is 0.000000153. The molecule has 2 unspecified atom stereocenters. The molecule has 13 heteroatoms. The van der Waals surface area contributed by atoms with Crippen molar-refractivity contribution in [3.63, 3.8) is 0 Å². The summed E-state index contributed by atoms with van der Waals surface area (Å²) in [6.45, 7) is 14.7. The average molecular weight is 946 g/mol. The van der Waals surface area contributed by atoms with Gasteiger partial charge in [0.1, 0.15) is 40.5 Å². The minimum Gasteiger partial charge on any atom is -0.462 e. The molecule has 3 saturated carbocycles. The van der Waals surface area contributed by atoms with Crippen LogP contribution in [0.4, 0.5) is 0 Å². The third-order valence-corrected chi connectivity index (χ3v) is 12.9. The number of hydrogen-bond acceptors (Lipinski definition) is 13. The fourth-order valence-corrected chi connectivity index (χ4v) is 9.12. The predicted molar refractivity (Wildman–Crippen MR) is 263 cm³/mol. The number of oxazole rings is 3. The largest absolute Gasteiger partial charge is 0.462 e. The average Bonchev–Trinajstić information content (AvgIpc) is 4.02. The molecule has 3 fully saturated rings. The molecule has 3 heterocycles. The molecule has 6 aromatic rings. The fraction of sp³-hybridized carbons (Fsp3) is 0.500. The van der Waals surface area contributed by atoms with Gasteiger partial charge in [0.25, 0.3) is 0 Å². The number of carbonyl (C=O) groups excluding carboxylic acids is 1. The van der Waals surface area contributed by atoms with Crippen LogP contribution in [0.1, 0.15) is 135 Å². The van der Waals surface area contributed by atoms with Crippen molar-refractivity contribution in [1.82, 2.24) is 15.0 Å². The summed E-state index contributed by atoms with van der Waals surface area (Å²) in [4.78, 5) is 24.9. The van der Waals surface area contributed by atoms with Crippen LogP contribution in [0, 0.1) is 41.5 Å². The van der Waals surface area contributed by atoms with Crippen LogP contribution in [-0.2, 0) is 43.6 Å². The number of aliphatic hydroxyl groups excluding tert-OH is 2. The summed E-state index contributed by atoms with van der Waals surface area (Å²) in [5.41, 5.74) is 9.00. The number of aromatic nitrogens is 3. The molecule has 13 nitrogen and oxygen atoms in total. The summed E-state index contributed by atoms with van der Waals surface area (Å²) in [5.74, 6) is 4.07. The number of aliphatic hydroxyl groups is 2. The van der Waals surface area contributed by atoms with Gasteiger partial charge in [0.15, 0.2) is 0 Å². The normalized spacial score (nSPS) is 21.4. The molecule has 3 aliphatic carbocycles. The van der Waals surface area contributed by atoms with Crippen molar-refractivity contribution in [1.29, 1.82) is 0 Å². The zero-order chi connectivity index (χ0) is 48.9. The van der Waals surface area contributed by atoms with Crippen LogP contribution < -0.4 is 0 Å². The van der Waals surface area contributed by atoms with Gasteiger partial charge in [-0.15, -0.1) is 0 Å². The van der Waals surface area contributed by atoms with Crippen LogP contribution in [-0.4, -0.2) is 67.8 Å². The quantitative estimate of drug-likeness (QED) is 0.105. The number of carbonyl (C=O) groups is 1. The topological polar surface area (TPSA) is 173 Å². The van der Waals surface area contributed by atoms with Gasteiger partial charge in [0.2, 0.25) is 17.7 Å². The lowest BCUT2D eigenvalue weighted by Gasteiger charge is -2.28. The van der Waals surface area contributed by atoms with Gasteiger partial charge in [-0.25, -0.2) is 15.0 Å². The van der Waals surface area contributed by atoms with Crippen LogP contribution in [0.3, 0.4) is 0 Å². The van der Waals surface area contributed by atoms with Crippen molar-refractivity contribution in [2.45, 2.75) is 182 Å². The van der Waals surface area contributed by atoms with E-state index in [4.69, 9.17) is 32.2 Å². The Morgan fingerprint density at radius 3 is 1.17 bits per heavy atom. The summed E-state index contributed by atoms with van der Waals surface area (Å²) in [5, 5.41) is 19.4. The minimum absolute atomic E-state index is 0.0301. The Morgan fingerprint density at radius 1 is 0.507 bits per heavy atom. The molecule has 6 atom stereocenters. The van der Waals surface area contributed by atoms with E-state index in [9.17, 15) is 15.0 Å². The van der Waals surface area contributed by atoms with Crippen LogP contribution >= 0.6 is 0 Å². The first-order chi connectivity index (χ1) is 33.2. The molecule has 370 valence electrons. The number of aryl methyl sites for hydroxylation is 6. The van der Waals surface area contributed by atoms with Crippen LogP contribution in [0.5, 0.6) is 0 Å². The molecule has 3 aliphatic rings. The molecule has 3 aromatic heterocycles. The predicted octanol–water partition coefficient (Wildman–Crippen LogP) is 11.9. The first-order valence-electron chi connectivity index (χ1n) is 24.7. The number of ether oxygens (including phenoxy) is 4. The number of esters is 1. The molecule has 3 aromatic carbocycles. The standard InChI is InChI=1S/C20H25NO4.2C18H23NO3/c1-13-6-4-7-16(10-13)20-21-19(14(2)24-20)12-23-17-8-5-9-18(11-17)25-15(3)22;2*1-12-5-3-6-14(9-12)18-19-17(13(2)22-18)11-21-16-8-4-7-15(20)10-16/h4,6-7,10,17-18H,5,8-9,11-12H2,1-3H3;2*3,5-6,9,15-16,20H,4,7-8,10-11H2,1-2H3/t17-,18+;15-,16+;/m01./s1. The van der Waals surface area contributed by atoms with Crippen molar-refractivity contribution in [2.75, 3.05) is 0 Å². The summed E-state index contributed by atoms with van der Waals surface area (Å²) >= 11 is 0. The van der Waals surface area contributed by atoms with E-state index in [1.165, 1.54) is 23.6 Å². The van der Waals surface area contributed by atoms with Crippen LogP contribution in [0.15, 0.2) is 86.0 Å². The highest BCUT2D eigenvalue weighted by atomic mass is 16.5. The second-order valence-electron chi connectivity index (χ2n) is 19.0. The Kier molecular flexibility index (Phi) is 18.6. The van der Waals surface area contributed by atoms with Gasteiger partial charge in [-0.1, -0.05) is 53.1 Å². The second-order valence-corrected chi connectivity index (χ2v) is 19.0. The third kappa shape index (κ3) is 15.5. The highest BCUT2D eigenvalue weighted by molar-refractivity contribution is 5.66. The molecule has 0 spiro atoms. The van der Waals surface area contributed by atoms with E-state index in [0.29, 0.717) is 37.5 Å². The van der Waals surface area contributed by atoms with Gasteiger partial charge < -0.3 is 42.4 Å². The first kappa shape index (κ1) is 51.4. The van der Waals surface area contributed by atoms with Gasteiger partial charge in [0.05, 0.1) is 50.3 Å². The zero-order valence-corrected chi connectivity index (χ0v) is 41.5. The van der Waals surface area contributed by atoms with E-state index in [2.05, 4.69) is 59.1 Å². The Labute approximate surface area is 407 Å². The van der Waals surface area contributed by atoms with Crippen LogP contribution in [0.25, 0.3) is 34.4 Å². The van der Waals surface area contributed by atoms with E-state index >= 15 is 0 Å². The highest BCUT2D eigenvalue weighted by Crippen LogP contribution is 2.30. The van der Waals surface area contributed by atoms with E-state index < -0.39 is 0 Å². The van der Waals surface area contributed by atoms with Crippen molar-refractivity contribution in [3.05, 3.63) is 124 Å². The van der Waals surface area contributed by atoms with E-state index in [0.717, 1.165) is 128 Å². The van der Waals surface area contributed by atoms with Crippen molar-refractivity contribution in [2.24, 2.45) is 0 Å². The lowest BCUT2D eigenvalue weighted by molar-refractivity contribution is -0.150. The monoisotopic (exact) mass is 946 g/mol. The first-order valence-corrected chi connectivity index (χ1v) is 24.7. The summed E-state index contributed by atoms with van der Waals surface area (Å²) in [7, 11) is 0. The molecule has 0 saturated heterocycles. The molecule has 0 bridgehead atoms. The Hall–Kier alpha value is -5.44. The maximum absolute atomic E-state index is 11.1. The summed E-state index contributed by atoms with van der Waals surface area (Å²) < 4.78 is 40.5. The number of nitrogens with zero attached hydrogens (tertiary/aromatic N) is 3. The molecule has 9 rings (SSSR count). The maximum Gasteiger partial charge on any atom is 0.302 e. The molecular weight excluding hydrogens is 875 g/mol. The van der Waals surface area contributed by atoms with E-state index in [1.807, 2.05) is 70.2 Å². The molecule has 0 aliphatic heterocycles. The molecule has 0 amide bonds. The van der Waals surface area contributed by atoms with E-state index in [1.54, 1.807) is 0 Å². The lowest BCUT2D eigenvalue weighted by Crippen LogP contribution is -2.29. The molecule has 0 radical (unpaired) electrons. The van der Waals surface area contributed by atoms with Gasteiger partial charge in [-0.05, 0) is 149 Å². The zero-order valence-electron chi connectivity index (χ0n) is 41.5. The SMILES string of the molecule is CC(=O)O[C@@H]1CCC[C@H](OCc2nc(-c3cccc(C)c3)oc2C)C1.Cc1cccc(-c2nc(COC3CCCC(O)C3)c(C)o2)c1.Cc1cccc(-c2nc(CO[C@H]3CCC[C@@H](O)C3)c(C)o2)c1. The van der Waals surface area contributed by atoms with Gasteiger partial charge in [-0.2, -0.15) is 0 Å². The highest BCUT2D eigenvalue weighted by Gasteiger charge is 2.26. The smallest absolute Gasteiger partial charge is 0.302 e. The third-order valence-electron chi connectivity index (χ3n) is 12.9. The Morgan fingerprint density at radius 2 is 0.841 bits per heavy atom. The lowest BCUT2D eigenvalue weighted by atomic mass is 9.95. The summed E-state index contributed by atoms with van der Waals surface area (Å²) in [6.07, 6.45) is 10.8. The minimum atomic E-state index is -0.222. The molecule has 2 N–H and O–H groups in total. The second kappa shape index (κ2) is 24.9. The maximum atomic E-state index is 11.1.